The molecule has 0 aromatic carbocycles. The maximum atomic E-state index is 10.3. The van der Waals surface area contributed by atoms with Crippen LogP contribution in [-0.2, 0) is 4.79 Å². The van der Waals surface area contributed by atoms with Crippen molar-refractivity contribution in [2.75, 3.05) is 20.7 Å². The van der Waals surface area contributed by atoms with Gasteiger partial charge in [-0.2, -0.15) is 5.10 Å². The molecule has 0 unspecified atom stereocenters. The van der Waals surface area contributed by atoms with E-state index in [0.29, 0.717) is 0 Å². The second-order valence-corrected chi connectivity index (χ2v) is 1.90. The van der Waals surface area contributed by atoms with E-state index < -0.39 is 12.5 Å². The predicted octanol–water partition coefficient (Wildman–Crippen LogP) is -0.374. The van der Waals surface area contributed by atoms with Gasteiger partial charge in [0.1, 0.15) is 12.9 Å². The minimum absolute atomic E-state index is 0.516. The van der Waals surface area contributed by atoms with E-state index in [-0.39, 0.29) is 0 Å². The Hall–Kier alpha value is -1.10. The Labute approximate surface area is 73.1 Å². The first kappa shape index (κ1) is 13.5. The lowest BCUT2D eigenvalue weighted by molar-refractivity contribution is -0.123. The molecular weight excluding hydrogens is 158 g/mol. The van der Waals surface area contributed by atoms with Gasteiger partial charge in [-0.05, 0) is 0 Å². The van der Waals surface area contributed by atoms with Crippen molar-refractivity contribution in [3.05, 3.63) is 0 Å². The summed E-state index contributed by atoms with van der Waals surface area (Å²) in [4.78, 5) is 12.0. The fourth-order valence-electron chi connectivity index (χ4n) is 0.252. The molecule has 12 heavy (non-hydrogen) atoms. The van der Waals surface area contributed by atoms with E-state index in [0.717, 1.165) is 0 Å². The molecule has 0 atom stereocenters. The Morgan fingerprint density at radius 1 is 1.58 bits per heavy atom. The first-order valence-corrected chi connectivity index (χ1v) is 3.76. The molecule has 0 rings (SSSR count). The van der Waals surface area contributed by atoms with E-state index in [1.54, 1.807) is 19.0 Å². The number of aliphatic hydroxyl groups excluding tert-OH is 1. The van der Waals surface area contributed by atoms with Gasteiger partial charge in [-0.25, -0.2) is 5.43 Å². The number of hydrogen-bond donors (Lipinski definition) is 2. The van der Waals surface area contributed by atoms with Gasteiger partial charge in [0.25, 0.3) is 5.91 Å². The molecule has 0 saturated heterocycles. The summed E-state index contributed by atoms with van der Waals surface area (Å²) in [6, 6.07) is 0. The molecule has 0 heterocycles. The lowest BCUT2D eigenvalue weighted by atomic mass is 10.7. The molecule has 0 aliphatic carbocycles. The van der Waals surface area contributed by atoms with Gasteiger partial charge in [-0.15, -0.1) is 0 Å². The van der Waals surface area contributed by atoms with Crippen LogP contribution >= 0.6 is 0 Å². The normalized spacial score (nSPS) is 8.75. The van der Waals surface area contributed by atoms with Gasteiger partial charge in [0.05, 0.1) is 0 Å². The predicted molar refractivity (Wildman–Crippen MR) is 48.8 cm³/mol. The van der Waals surface area contributed by atoms with Crippen LogP contribution in [0.5, 0.6) is 0 Å². The maximum Gasteiger partial charge on any atom is 0.265 e. The molecule has 5 heteroatoms. The number of carbonyl (C=O) groups excluding carboxylic acids is 1. The highest BCUT2D eigenvalue weighted by Gasteiger charge is 1.91. The third-order valence-electron chi connectivity index (χ3n) is 0.622. The smallest absolute Gasteiger partial charge is 0.265 e. The average molecular weight is 175 g/mol. The monoisotopic (exact) mass is 175 g/mol. The van der Waals surface area contributed by atoms with Crippen molar-refractivity contribution in [1.82, 2.24) is 10.3 Å². The highest BCUT2D eigenvalue weighted by atomic mass is 16.3. The Balaban J connectivity index is 0. The summed E-state index contributed by atoms with van der Waals surface area (Å²) in [5, 5.41) is 11.7. The van der Waals surface area contributed by atoms with Crippen LogP contribution in [0.25, 0.3) is 0 Å². The zero-order valence-electron chi connectivity index (χ0n) is 8.03. The molecule has 0 fully saturated rings. The van der Waals surface area contributed by atoms with E-state index in [1.807, 2.05) is 13.8 Å². The number of amides is 1. The van der Waals surface area contributed by atoms with Crippen molar-refractivity contribution in [2.24, 2.45) is 5.10 Å². The number of hydrazone groups is 1. The van der Waals surface area contributed by atoms with Crippen molar-refractivity contribution < 1.29 is 9.90 Å². The first-order valence-electron chi connectivity index (χ1n) is 3.76. The van der Waals surface area contributed by atoms with Crippen LogP contribution in [0.1, 0.15) is 13.8 Å². The molecule has 0 aliphatic rings. The topological polar surface area (TPSA) is 64.9 Å². The van der Waals surface area contributed by atoms with Gasteiger partial charge in [-0.3, -0.25) is 4.79 Å². The molecule has 2 N–H and O–H groups in total. The lowest BCUT2D eigenvalue weighted by Crippen LogP contribution is -2.22. The molecule has 72 valence electrons. The summed E-state index contributed by atoms with van der Waals surface area (Å²) in [7, 11) is 3.54. The third-order valence-corrected chi connectivity index (χ3v) is 0.622. The quantitative estimate of drug-likeness (QED) is 0.349. The Morgan fingerprint density at radius 3 is 2.42 bits per heavy atom. The van der Waals surface area contributed by atoms with Crippen LogP contribution in [0.2, 0.25) is 0 Å². The van der Waals surface area contributed by atoms with Gasteiger partial charge in [-0.1, -0.05) is 13.8 Å². The third kappa shape index (κ3) is 11.7. The van der Waals surface area contributed by atoms with E-state index in [1.165, 1.54) is 6.34 Å². The molecule has 0 bridgehead atoms. The van der Waals surface area contributed by atoms with Crippen LogP contribution in [0.15, 0.2) is 5.10 Å². The molecule has 0 saturated carbocycles. The summed E-state index contributed by atoms with van der Waals surface area (Å²) in [6.45, 7) is 3.46. The van der Waals surface area contributed by atoms with Crippen molar-refractivity contribution in [2.45, 2.75) is 13.8 Å². The van der Waals surface area contributed by atoms with Crippen LogP contribution in [0.4, 0.5) is 0 Å². The number of rotatable bonds is 3. The molecule has 0 aliphatic heterocycles. The van der Waals surface area contributed by atoms with Gasteiger partial charge < -0.3 is 10.0 Å². The standard InChI is InChI=1S/C5H11N3O2.C2H6/c1-8(2)4-6-7-5(10)3-9;1-2/h4,9H,3H2,1-2H3,(H,7,10);1-2H3/b6-4+;. The zero-order chi connectivity index (χ0) is 9.98. The molecule has 0 spiro atoms. The van der Waals surface area contributed by atoms with Gasteiger partial charge in [0.15, 0.2) is 0 Å². The van der Waals surface area contributed by atoms with E-state index in [9.17, 15) is 4.79 Å². The second kappa shape index (κ2) is 9.90. The summed E-state index contributed by atoms with van der Waals surface area (Å²) in [6.07, 6.45) is 1.42. The number of hydrogen-bond acceptors (Lipinski definition) is 3. The average Bonchev–Trinajstić information content (AvgIpc) is 2.07. The summed E-state index contributed by atoms with van der Waals surface area (Å²) in [5.74, 6) is -0.516. The minimum atomic E-state index is -0.537. The highest BCUT2D eigenvalue weighted by Crippen LogP contribution is 1.65. The molecule has 5 nitrogen and oxygen atoms in total. The molecule has 0 aromatic rings. The van der Waals surface area contributed by atoms with Crippen LogP contribution < -0.4 is 5.43 Å². The van der Waals surface area contributed by atoms with Gasteiger partial charge in [0.2, 0.25) is 0 Å². The Bertz CT molecular complexity index is 135. The second-order valence-electron chi connectivity index (χ2n) is 1.90. The van der Waals surface area contributed by atoms with Crippen molar-refractivity contribution in [3.63, 3.8) is 0 Å². The molecule has 0 aromatic heterocycles. The molecular formula is C7H17N3O2. The van der Waals surface area contributed by atoms with Crippen molar-refractivity contribution in [3.8, 4) is 0 Å². The van der Waals surface area contributed by atoms with Crippen LogP contribution in [-0.4, -0.2) is 43.0 Å². The van der Waals surface area contributed by atoms with E-state index >= 15 is 0 Å². The minimum Gasteiger partial charge on any atom is -0.386 e. The SMILES string of the molecule is CC.CN(C)/C=N/NC(=O)CO. The van der Waals surface area contributed by atoms with Crippen molar-refractivity contribution in [1.29, 1.82) is 0 Å². The number of nitrogens with zero attached hydrogens (tertiary/aromatic N) is 2. The zero-order valence-corrected chi connectivity index (χ0v) is 8.03. The maximum absolute atomic E-state index is 10.3. The summed E-state index contributed by atoms with van der Waals surface area (Å²) < 4.78 is 0. The van der Waals surface area contributed by atoms with Gasteiger partial charge in [0, 0.05) is 14.1 Å². The number of carbonyl (C=O) groups is 1. The lowest BCUT2D eigenvalue weighted by Gasteiger charge is -2.01. The van der Waals surface area contributed by atoms with E-state index in [4.69, 9.17) is 5.11 Å². The Kier molecular flexibility index (Phi) is 11.1. The molecule has 1 amide bonds. The molecule has 0 radical (unpaired) electrons. The first-order chi connectivity index (χ1) is 5.66. The number of nitrogens with one attached hydrogen (secondary N) is 1. The number of aliphatic hydroxyl groups is 1. The van der Waals surface area contributed by atoms with E-state index in [2.05, 4.69) is 10.5 Å². The summed E-state index contributed by atoms with van der Waals surface area (Å²) >= 11 is 0. The van der Waals surface area contributed by atoms with Crippen LogP contribution in [0, 0.1) is 0 Å². The van der Waals surface area contributed by atoms with Crippen molar-refractivity contribution >= 4 is 12.2 Å². The largest absolute Gasteiger partial charge is 0.386 e. The van der Waals surface area contributed by atoms with Gasteiger partial charge >= 0.3 is 0 Å². The fourth-order valence-corrected chi connectivity index (χ4v) is 0.252. The summed E-state index contributed by atoms with van der Waals surface area (Å²) in [5.41, 5.74) is 2.10. The van der Waals surface area contributed by atoms with Crippen LogP contribution in [0.3, 0.4) is 0 Å². The Morgan fingerprint density at radius 2 is 2.08 bits per heavy atom. The fraction of sp³-hybridized carbons (Fsp3) is 0.714. The highest BCUT2D eigenvalue weighted by molar-refractivity contribution is 5.77.